The predicted octanol–water partition coefficient (Wildman–Crippen LogP) is 15.9. The minimum Gasteiger partial charge on any atom is -0.309 e. The van der Waals surface area contributed by atoms with Crippen molar-refractivity contribution in [2.45, 2.75) is 0 Å². The molecule has 0 amide bonds. The lowest BCUT2D eigenvalue weighted by Crippen LogP contribution is -2.74. The lowest BCUT2D eigenvalue weighted by atomic mass is 10.1. The second-order valence-electron chi connectivity index (χ2n) is 19.3. The van der Waals surface area contributed by atoms with Crippen LogP contribution in [0.1, 0.15) is 42.5 Å². The fourth-order valence-electron chi connectivity index (χ4n) is 11.8. The molecule has 0 bridgehead atoms. The fourth-order valence-corrected chi connectivity index (χ4v) is 16.6. The summed E-state index contributed by atoms with van der Waals surface area (Å²) in [5, 5.41) is -1.09. The van der Waals surface area contributed by atoms with Crippen molar-refractivity contribution in [3.63, 3.8) is 0 Å². The Hall–Kier alpha value is -10.9. The van der Waals surface area contributed by atoms with Gasteiger partial charge in [0, 0.05) is 60.4 Å². The van der Waals surface area contributed by atoms with Gasteiger partial charge in [-0.1, -0.05) is 230 Å². The Bertz CT molecular complexity index is 6800. The lowest BCUT2D eigenvalue weighted by Gasteiger charge is -2.35. The summed E-state index contributed by atoms with van der Waals surface area (Å²) in [7, 11) is -3.97. The van der Waals surface area contributed by atoms with Crippen molar-refractivity contribution in [2.24, 2.45) is 0 Å². The summed E-state index contributed by atoms with van der Waals surface area (Å²) in [5.41, 5.74) is -5.93. The Kier molecular flexibility index (Phi) is 5.77. The van der Waals surface area contributed by atoms with Gasteiger partial charge >= 0.3 is 0 Å². The molecule has 17 rings (SSSR count). The SMILES string of the molecule is [2H]c1c([2H])c([2H])c2c(c1[2H])c1c([2H])c([2H])c([2H])c([2H])c1n2-c1cc(-c2cc([Si](c3ccccc3)(c3ccccc3)c3ccccc3)ccc2-n2c3c([2H])c([2H])c([2H])c([2H])c3c3c([2H])c(-n4c5c([2H])c([2H])c([2H])c([2H])c5c5c([2H])c([2H])c([2H])c([2H])c54)c([2H])c([2H])c32)nc(-n2c3c([2H])c([2H])c([2H])c([2H])c3c3c([2H])c([2H])c([2H])c([2H])c32)n1. The predicted molar refractivity (Wildman–Crippen MR) is 348 cm³/mol. The van der Waals surface area contributed by atoms with E-state index >= 15 is 0 Å². The van der Waals surface area contributed by atoms with Gasteiger partial charge in [0.2, 0.25) is 5.95 Å². The first-order valence-electron chi connectivity index (χ1n) is 41.4. The van der Waals surface area contributed by atoms with Gasteiger partial charge in [-0.25, -0.2) is 4.98 Å². The van der Waals surface area contributed by atoms with Crippen LogP contribution < -0.4 is 20.7 Å². The lowest BCUT2D eigenvalue weighted by molar-refractivity contribution is 0.951. The topological polar surface area (TPSA) is 45.5 Å². The van der Waals surface area contributed by atoms with Gasteiger partial charge in [0.05, 0.1) is 98.0 Å². The van der Waals surface area contributed by atoms with Crippen LogP contribution in [-0.4, -0.2) is 36.3 Å². The summed E-state index contributed by atoms with van der Waals surface area (Å²) in [4.78, 5) is 10.4. The second kappa shape index (κ2) is 18.6. The van der Waals surface area contributed by atoms with E-state index in [9.17, 15) is 31.5 Å². The zero-order valence-electron chi connectivity index (χ0n) is 73.7. The molecule has 0 aliphatic rings. The first-order valence-corrected chi connectivity index (χ1v) is 27.9. The normalized spacial score (nSPS) is 17.3. The molecule has 0 aliphatic carbocycles. The number of rotatable bonds is 9. The van der Waals surface area contributed by atoms with Crippen LogP contribution in [-0.2, 0) is 0 Å². The van der Waals surface area contributed by atoms with Crippen molar-refractivity contribution >= 4 is 116 Å². The van der Waals surface area contributed by atoms with Crippen LogP contribution in [0.2, 0.25) is 0 Å². The largest absolute Gasteiger partial charge is 0.309 e. The molecule has 0 fully saturated rings. The highest BCUT2D eigenvalue weighted by Gasteiger charge is 2.42. The molecule has 0 radical (unpaired) electrons. The molecular weight excluding hydrogens is 1020 g/mol. The van der Waals surface area contributed by atoms with Gasteiger partial charge in [0.25, 0.3) is 0 Å². The van der Waals surface area contributed by atoms with Crippen molar-refractivity contribution in [3.8, 4) is 34.4 Å². The van der Waals surface area contributed by atoms with Gasteiger partial charge in [-0.05, 0) is 87.2 Å². The molecule has 388 valence electrons. The van der Waals surface area contributed by atoms with Gasteiger partial charge < -0.3 is 9.13 Å². The third kappa shape index (κ3) is 7.02. The van der Waals surface area contributed by atoms with E-state index in [2.05, 4.69) is 0 Å². The van der Waals surface area contributed by atoms with Crippen molar-refractivity contribution in [3.05, 3.63) is 303 Å². The third-order valence-corrected chi connectivity index (χ3v) is 19.9. The number of nitrogens with zero attached hydrogens (tertiary/aromatic N) is 6. The molecule has 5 aromatic heterocycles. The van der Waals surface area contributed by atoms with Gasteiger partial charge in [0.15, 0.2) is 8.07 Å². The zero-order valence-corrected chi connectivity index (χ0v) is 43.7. The summed E-state index contributed by atoms with van der Waals surface area (Å²) in [6.07, 6.45) is 0. The Morgan fingerprint density at radius 1 is 0.301 bits per heavy atom. The number of fused-ring (bicyclic) bond motifs is 12. The van der Waals surface area contributed by atoms with Crippen molar-refractivity contribution in [1.82, 2.24) is 28.2 Å². The van der Waals surface area contributed by atoms with Crippen molar-refractivity contribution in [1.29, 1.82) is 0 Å². The van der Waals surface area contributed by atoms with E-state index in [1.807, 2.05) is 91.0 Å². The van der Waals surface area contributed by atoms with Crippen LogP contribution in [0.25, 0.3) is 122 Å². The smallest absolute Gasteiger partial charge is 0.237 e. The van der Waals surface area contributed by atoms with Gasteiger partial charge in [0.1, 0.15) is 5.82 Å². The summed E-state index contributed by atoms with van der Waals surface area (Å²) in [5.74, 6) is -1.34. The molecule has 7 heteroatoms. The van der Waals surface area contributed by atoms with Gasteiger partial charge in [-0.15, -0.1) is 0 Å². The van der Waals surface area contributed by atoms with Crippen LogP contribution in [0.3, 0.4) is 0 Å². The van der Waals surface area contributed by atoms with E-state index in [4.69, 9.17) is 20.9 Å². The molecule has 17 aromatic rings. The number of aromatic nitrogens is 6. The Labute approximate surface area is 522 Å². The maximum Gasteiger partial charge on any atom is 0.237 e. The summed E-state index contributed by atoms with van der Waals surface area (Å²) in [6, 6.07) is 7.97. The van der Waals surface area contributed by atoms with Crippen molar-refractivity contribution in [2.75, 3.05) is 0 Å². The molecule has 0 saturated carbocycles. The maximum absolute atomic E-state index is 10.6. The number of para-hydroxylation sites is 7. The molecule has 0 N–H and O–H groups in total. The van der Waals surface area contributed by atoms with Gasteiger partial charge in [-0.3, -0.25) is 9.13 Å². The van der Waals surface area contributed by atoms with E-state index in [0.717, 1.165) is 33.8 Å². The van der Waals surface area contributed by atoms with E-state index in [-0.39, 0.29) is 11.3 Å². The Morgan fingerprint density at radius 2 is 0.675 bits per heavy atom. The van der Waals surface area contributed by atoms with Crippen LogP contribution in [0.15, 0.2) is 303 Å². The minimum absolute atomic E-state index is 0.201. The zero-order chi connectivity index (χ0) is 81.6. The minimum atomic E-state index is -3.97. The average Bonchev–Trinajstić information content (AvgIpc) is 1.52. The molecule has 83 heavy (non-hydrogen) atoms. The third-order valence-electron chi connectivity index (χ3n) is 15.2. The van der Waals surface area contributed by atoms with Crippen LogP contribution in [0.4, 0.5) is 0 Å². The number of benzene rings is 12. The Balaban J connectivity index is 1.14. The van der Waals surface area contributed by atoms with Gasteiger partial charge in [-0.2, -0.15) is 4.98 Å². The molecule has 0 aliphatic heterocycles. The summed E-state index contributed by atoms with van der Waals surface area (Å²) in [6.45, 7) is 0. The monoisotopic (exact) mass is 1110 g/mol. The van der Waals surface area contributed by atoms with E-state index < -0.39 is 306 Å². The standard InChI is InChI=1S/C76H50N6Si/c1-4-24-52(25-5-1)83(53-26-6-2-7-27-53,54-28-8-3-9-29-54)55-45-47-74(80-68-39-19-16-36-62(68)63-48-51(44-46-73(63)80)79-66-37-17-10-30-56(66)57-31-11-18-38-67(57)79)64(49-55)65-50-75(81-69-40-20-12-32-58(69)59-33-13-21-41-70(59)81)78-76(77-65)82-71-42-22-14-34-60(71)61-35-15-23-43-72(61)82/h1-50H/i10D,11D,12D,13D,14D,15D,16D,17D,18D,19D,20D,21D,22D,23D,30D,31D,32D,33D,34D,35D,36D,37D,38D,39D,40D,41D,42D,43D,44D,46D,48D. The molecule has 6 nitrogen and oxygen atoms in total. The highest BCUT2D eigenvalue weighted by Crippen LogP contribution is 2.41. The molecule has 5 heterocycles. The van der Waals surface area contributed by atoms with Crippen LogP contribution in [0.5, 0.6) is 0 Å². The number of hydrogen-bond acceptors (Lipinski definition) is 2. The van der Waals surface area contributed by atoms with E-state index in [1.54, 1.807) is 12.1 Å². The van der Waals surface area contributed by atoms with E-state index in [1.165, 1.54) is 12.1 Å². The summed E-state index contributed by atoms with van der Waals surface area (Å²) >= 11 is 0. The molecular formula is C76H50N6Si. The highest BCUT2D eigenvalue weighted by atomic mass is 28.3. The Morgan fingerprint density at radius 3 is 1.12 bits per heavy atom. The van der Waals surface area contributed by atoms with Crippen molar-refractivity contribution < 1.29 is 42.5 Å². The maximum atomic E-state index is 10.6. The molecule has 0 spiro atoms. The second-order valence-corrected chi connectivity index (χ2v) is 23.2. The fraction of sp³-hybridized carbons (Fsp3) is 0. The van der Waals surface area contributed by atoms with Crippen LogP contribution >= 0.6 is 0 Å². The highest BCUT2D eigenvalue weighted by molar-refractivity contribution is 7.20. The first-order chi connectivity index (χ1) is 54.1. The van der Waals surface area contributed by atoms with Crippen LogP contribution in [0, 0.1) is 0 Å². The van der Waals surface area contributed by atoms with E-state index in [0.29, 0.717) is 5.19 Å². The molecule has 0 unspecified atom stereocenters. The first kappa shape index (κ1) is 25.7. The molecule has 0 saturated heterocycles. The number of hydrogen-bond donors (Lipinski definition) is 0. The average molecular weight is 1110 g/mol. The molecule has 12 aromatic carbocycles. The summed E-state index contributed by atoms with van der Waals surface area (Å²) < 4.78 is 297. The quantitative estimate of drug-likeness (QED) is 0.107. The molecule has 0 atom stereocenters.